The summed E-state index contributed by atoms with van der Waals surface area (Å²) in [4.78, 5) is 23.1. The Bertz CT molecular complexity index is 447. The topological polar surface area (TPSA) is 58.2 Å². The number of rotatable bonds is 5. The maximum absolute atomic E-state index is 11.9. The first-order valence-corrected chi connectivity index (χ1v) is 6.65. The molecule has 0 aromatic heterocycles. The first kappa shape index (κ1) is 14.7. The maximum Gasteiger partial charge on any atom is 0.252 e. The Morgan fingerprint density at radius 3 is 2.67 bits per heavy atom. The summed E-state index contributed by atoms with van der Waals surface area (Å²) in [6.45, 7) is 4.73. The largest absolute Gasteiger partial charge is 0.356 e. The van der Waals surface area contributed by atoms with Gasteiger partial charge in [-0.1, -0.05) is 12.1 Å². The minimum atomic E-state index is -0.171. The lowest BCUT2D eigenvalue weighted by Crippen LogP contribution is -2.30. The van der Waals surface area contributed by atoms with Crippen LogP contribution in [0.4, 0.5) is 0 Å². The molecular weight excluding hydrogens is 296 g/mol. The summed E-state index contributed by atoms with van der Waals surface area (Å²) in [5, 5.41) is 5.41. The highest BCUT2D eigenvalue weighted by atomic mass is 79.9. The molecule has 4 nitrogen and oxygen atoms in total. The molecule has 2 amide bonds. The second kappa shape index (κ2) is 7.16. The standard InChI is InChI=1S/C13H17BrN2O2/c1-3-15-11(17)7-8-16-13(18)10-6-4-5-9(2)12(10)14/h4-6H,3,7-8H2,1-2H3,(H,15,17)(H,16,18). The van der Waals surface area contributed by atoms with E-state index in [9.17, 15) is 9.59 Å². The van der Waals surface area contributed by atoms with Crippen molar-refractivity contribution in [1.29, 1.82) is 0 Å². The second-order valence-electron chi connectivity index (χ2n) is 3.90. The molecule has 18 heavy (non-hydrogen) atoms. The Balaban J connectivity index is 2.51. The Hall–Kier alpha value is -1.36. The molecule has 1 rings (SSSR count). The van der Waals surface area contributed by atoms with Crippen LogP contribution in [0.1, 0.15) is 29.3 Å². The summed E-state index contributed by atoms with van der Waals surface area (Å²) in [5.41, 5.74) is 1.59. The molecule has 0 spiro atoms. The van der Waals surface area contributed by atoms with Gasteiger partial charge in [-0.15, -0.1) is 0 Å². The van der Waals surface area contributed by atoms with Crippen LogP contribution in [0.25, 0.3) is 0 Å². The fourth-order valence-electron chi connectivity index (χ4n) is 1.49. The summed E-state index contributed by atoms with van der Waals surface area (Å²) < 4.78 is 0.792. The molecule has 98 valence electrons. The molecule has 0 aliphatic rings. The molecule has 1 aromatic carbocycles. The van der Waals surface area contributed by atoms with E-state index in [1.807, 2.05) is 26.0 Å². The van der Waals surface area contributed by atoms with Gasteiger partial charge in [0.2, 0.25) is 5.91 Å². The minimum absolute atomic E-state index is 0.0545. The molecule has 0 radical (unpaired) electrons. The molecule has 0 heterocycles. The second-order valence-corrected chi connectivity index (χ2v) is 4.69. The number of amides is 2. The van der Waals surface area contributed by atoms with Crippen molar-refractivity contribution in [1.82, 2.24) is 10.6 Å². The molecular formula is C13H17BrN2O2. The van der Waals surface area contributed by atoms with Crippen molar-refractivity contribution >= 4 is 27.7 Å². The van der Waals surface area contributed by atoms with Crippen LogP contribution in [-0.4, -0.2) is 24.9 Å². The van der Waals surface area contributed by atoms with Gasteiger partial charge < -0.3 is 10.6 Å². The van der Waals surface area contributed by atoms with Gasteiger partial charge in [0.15, 0.2) is 0 Å². The van der Waals surface area contributed by atoms with Crippen molar-refractivity contribution in [3.63, 3.8) is 0 Å². The van der Waals surface area contributed by atoms with Gasteiger partial charge in [-0.2, -0.15) is 0 Å². The Morgan fingerprint density at radius 1 is 1.28 bits per heavy atom. The van der Waals surface area contributed by atoms with Crippen LogP contribution in [0.5, 0.6) is 0 Å². The van der Waals surface area contributed by atoms with Gasteiger partial charge >= 0.3 is 0 Å². The third-order valence-electron chi connectivity index (χ3n) is 2.45. The van der Waals surface area contributed by atoms with Crippen molar-refractivity contribution in [2.45, 2.75) is 20.3 Å². The lowest BCUT2D eigenvalue weighted by Gasteiger charge is -2.08. The van der Waals surface area contributed by atoms with Crippen LogP contribution in [0.15, 0.2) is 22.7 Å². The zero-order valence-corrected chi connectivity index (χ0v) is 12.1. The molecule has 1 aromatic rings. The molecule has 0 unspecified atom stereocenters. The highest BCUT2D eigenvalue weighted by molar-refractivity contribution is 9.10. The van der Waals surface area contributed by atoms with E-state index >= 15 is 0 Å². The fourth-order valence-corrected chi connectivity index (χ4v) is 1.94. The van der Waals surface area contributed by atoms with E-state index in [2.05, 4.69) is 26.6 Å². The third kappa shape index (κ3) is 4.14. The van der Waals surface area contributed by atoms with Crippen molar-refractivity contribution < 1.29 is 9.59 Å². The van der Waals surface area contributed by atoms with Gasteiger partial charge in [-0.25, -0.2) is 0 Å². The number of benzene rings is 1. The first-order valence-electron chi connectivity index (χ1n) is 5.86. The molecule has 0 atom stereocenters. The highest BCUT2D eigenvalue weighted by Crippen LogP contribution is 2.20. The monoisotopic (exact) mass is 312 g/mol. The van der Waals surface area contributed by atoms with Gasteiger partial charge in [0.25, 0.3) is 5.91 Å². The molecule has 0 bridgehead atoms. The van der Waals surface area contributed by atoms with Crippen LogP contribution in [0.3, 0.4) is 0 Å². The van der Waals surface area contributed by atoms with Crippen LogP contribution < -0.4 is 10.6 Å². The molecule has 0 saturated heterocycles. The van der Waals surface area contributed by atoms with Crippen LogP contribution in [0, 0.1) is 6.92 Å². The van der Waals surface area contributed by atoms with Gasteiger partial charge in [0, 0.05) is 24.0 Å². The predicted molar refractivity (Wildman–Crippen MR) is 74.5 cm³/mol. The predicted octanol–water partition coefficient (Wildman–Crippen LogP) is 2.01. The van der Waals surface area contributed by atoms with Gasteiger partial charge in [0.05, 0.1) is 5.56 Å². The van der Waals surface area contributed by atoms with E-state index in [-0.39, 0.29) is 11.8 Å². The molecule has 5 heteroatoms. The van der Waals surface area contributed by atoms with Crippen molar-refractivity contribution in [2.24, 2.45) is 0 Å². The zero-order chi connectivity index (χ0) is 13.5. The number of halogens is 1. The van der Waals surface area contributed by atoms with E-state index in [0.29, 0.717) is 25.1 Å². The van der Waals surface area contributed by atoms with Gasteiger partial charge in [0.1, 0.15) is 0 Å². The minimum Gasteiger partial charge on any atom is -0.356 e. The molecule has 2 N–H and O–H groups in total. The summed E-state index contributed by atoms with van der Waals surface area (Å²) in [5.74, 6) is -0.226. The number of hydrogen-bond donors (Lipinski definition) is 2. The van der Waals surface area contributed by atoms with Crippen molar-refractivity contribution in [3.05, 3.63) is 33.8 Å². The highest BCUT2D eigenvalue weighted by Gasteiger charge is 2.11. The molecule has 0 aliphatic heterocycles. The van der Waals surface area contributed by atoms with E-state index in [4.69, 9.17) is 0 Å². The number of carbonyl (C=O) groups is 2. The zero-order valence-electron chi connectivity index (χ0n) is 10.5. The summed E-state index contributed by atoms with van der Waals surface area (Å²) in [6.07, 6.45) is 0.295. The maximum atomic E-state index is 11.9. The quantitative estimate of drug-likeness (QED) is 0.874. The van der Waals surface area contributed by atoms with Crippen molar-refractivity contribution in [3.8, 4) is 0 Å². The SMILES string of the molecule is CCNC(=O)CCNC(=O)c1cccc(C)c1Br. The molecule has 0 fully saturated rings. The van der Waals surface area contributed by atoms with E-state index in [1.54, 1.807) is 6.07 Å². The first-order chi connectivity index (χ1) is 8.56. The van der Waals surface area contributed by atoms with Crippen LogP contribution in [-0.2, 0) is 4.79 Å². The summed E-state index contributed by atoms with van der Waals surface area (Å²) >= 11 is 3.39. The Morgan fingerprint density at radius 2 is 2.00 bits per heavy atom. The average molecular weight is 313 g/mol. The number of aryl methyl sites for hydroxylation is 1. The molecule has 0 saturated carbocycles. The van der Waals surface area contributed by atoms with Crippen LogP contribution >= 0.6 is 15.9 Å². The number of nitrogens with one attached hydrogen (secondary N) is 2. The lowest BCUT2D eigenvalue weighted by atomic mass is 10.1. The summed E-state index contributed by atoms with van der Waals surface area (Å²) in [7, 11) is 0. The van der Waals surface area contributed by atoms with E-state index < -0.39 is 0 Å². The van der Waals surface area contributed by atoms with E-state index in [0.717, 1.165) is 10.0 Å². The number of hydrogen-bond acceptors (Lipinski definition) is 2. The summed E-state index contributed by atoms with van der Waals surface area (Å²) in [6, 6.07) is 5.51. The smallest absolute Gasteiger partial charge is 0.252 e. The Kier molecular flexibility index (Phi) is 5.85. The van der Waals surface area contributed by atoms with Crippen molar-refractivity contribution in [2.75, 3.05) is 13.1 Å². The van der Waals surface area contributed by atoms with Crippen LogP contribution in [0.2, 0.25) is 0 Å². The molecule has 0 aliphatic carbocycles. The Labute approximate surface area is 115 Å². The lowest BCUT2D eigenvalue weighted by molar-refractivity contribution is -0.120. The average Bonchev–Trinajstić information content (AvgIpc) is 2.33. The fraction of sp³-hybridized carbons (Fsp3) is 0.385. The van der Waals surface area contributed by atoms with E-state index in [1.165, 1.54) is 0 Å². The number of carbonyl (C=O) groups excluding carboxylic acids is 2. The normalized spacial score (nSPS) is 9.94. The van der Waals surface area contributed by atoms with Gasteiger partial charge in [-0.3, -0.25) is 9.59 Å². The third-order valence-corrected chi connectivity index (χ3v) is 3.50. The van der Waals surface area contributed by atoms with Gasteiger partial charge in [-0.05, 0) is 41.4 Å².